The van der Waals surface area contributed by atoms with E-state index in [0.717, 1.165) is 22.9 Å². The molecule has 146 valence electrons. The third kappa shape index (κ3) is 4.00. The Balaban J connectivity index is 1.54. The van der Waals surface area contributed by atoms with Gasteiger partial charge in [0.05, 0.1) is 10.8 Å². The number of hydrogen-bond acceptors (Lipinski definition) is 5. The van der Waals surface area contributed by atoms with Crippen LogP contribution in [0.15, 0.2) is 62.4 Å². The molecule has 0 saturated carbocycles. The molecular weight excluding hydrogens is 466 g/mol. The zero-order valence-corrected chi connectivity index (χ0v) is 17.9. The molecule has 1 aliphatic heterocycles. The van der Waals surface area contributed by atoms with Crippen molar-refractivity contribution in [2.45, 2.75) is 23.7 Å². The third-order valence-corrected chi connectivity index (χ3v) is 7.39. The van der Waals surface area contributed by atoms with Gasteiger partial charge in [-0.25, -0.2) is 8.42 Å². The van der Waals surface area contributed by atoms with Gasteiger partial charge in [0.25, 0.3) is 0 Å². The van der Waals surface area contributed by atoms with E-state index in [0.29, 0.717) is 29.8 Å². The summed E-state index contributed by atoms with van der Waals surface area (Å²) < 4.78 is 33.7. The summed E-state index contributed by atoms with van der Waals surface area (Å²) in [7, 11) is -3.56. The molecule has 28 heavy (non-hydrogen) atoms. The second kappa shape index (κ2) is 7.94. The maximum atomic E-state index is 13.0. The fourth-order valence-corrected chi connectivity index (χ4v) is 5.15. The van der Waals surface area contributed by atoms with E-state index in [1.54, 1.807) is 36.4 Å². The normalized spacial score (nSPS) is 18.3. The molecule has 0 N–H and O–H groups in total. The van der Waals surface area contributed by atoms with Gasteiger partial charge in [-0.1, -0.05) is 32.7 Å². The molecule has 0 spiro atoms. The second-order valence-electron chi connectivity index (χ2n) is 6.62. The Bertz CT molecular complexity index is 1070. The highest BCUT2D eigenvalue weighted by molar-refractivity contribution is 9.10. The van der Waals surface area contributed by atoms with Crippen molar-refractivity contribution in [3.05, 3.63) is 63.9 Å². The number of benzene rings is 2. The Morgan fingerprint density at radius 2 is 1.82 bits per heavy atom. The van der Waals surface area contributed by atoms with E-state index >= 15 is 0 Å². The van der Waals surface area contributed by atoms with Crippen molar-refractivity contribution in [3.63, 3.8) is 0 Å². The van der Waals surface area contributed by atoms with E-state index in [2.05, 4.69) is 26.1 Å². The van der Waals surface area contributed by atoms with E-state index < -0.39 is 10.0 Å². The lowest BCUT2D eigenvalue weighted by Gasteiger charge is -2.30. The summed E-state index contributed by atoms with van der Waals surface area (Å²) in [5, 5.41) is 4.68. The largest absolute Gasteiger partial charge is 0.339 e. The van der Waals surface area contributed by atoms with Gasteiger partial charge in [0.2, 0.25) is 21.7 Å². The van der Waals surface area contributed by atoms with Gasteiger partial charge >= 0.3 is 0 Å². The Morgan fingerprint density at radius 1 is 1.11 bits per heavy atom. The molecule has 1 saturated heterocycles. The summed E-state index contributed by atoms with van der Waals surface area (Å²) in [6.45, 7) is 0.799. The van der Waals surface area contributed by atoms with Gasteiger partial charge < -0.3 is 4.52 Å². The number of halogens is 2. The monoisotopic (exact) mass is 481 g/mol. The molecule has 1 atom stereocenters. The second-order valence-corrected chi connectivity index (χ2v) is 9.91. The van der Waals surface area contributed by atoms with Crippen LogP contribution in [0.4, 0.5) is 0 Å². The summed E-state index contributed by atoms with van der Waals surface area (Å²) in [5.74, 6) is 0.799. The number of aromatic nitrogens is 2. The van der Waals surface area contributed by atoms with Crippen LogP contribution in [0, 0.1) is 0 Å². The first-order chi connectivity index (χ1) is 13.4. The molecule has 4 rings (SSSR count). The SMILES string of the molecule is O=S(=O)(c1ccc(Br)cc1)N1CCC[C@@H](c2nc(-c3ccc(Cl)cc3)no2)C1. The lowest BCUT2D eigenvalue weighted by molar-refractivity contribution is 0.265. The molecule has 2 heterocycles. The lowest BCUT2D eigenvalue weighted by Crippen LogP contribution is -2.39. The van der Waals surface area contributed by atoms with Gasteiger partial charge in [-0.05, 0) is 61.4 Å². The first-order valence-electron chi connectivity index (χ1n) is 8.79. The number of hydrogen-bond donors (Lipinski definition) is 0. The summed E-state index contributed by atoms with van der Waals surface area (Å²) in [6, 6.07) is 13.8. The highest BCUT2D eigenvalue weighted by Crippen LogP contribution is 2.31. The van der Waals surface area contributed by atoms with Gasteiger partial charge in [-0.2, -0.15) is 9.29 Å². The lowest BCUT2D eigenvalue weighted by atomic mass is 10.00. The molecule has 0 aliphatic carbocycles. The Morgan fingerprint density at radius 3 is 2.54 bits per heavy atom. The molecule has 3 aromatic rings. The average molecular weight is 483 g/mol. The van der Waals surface area contributed by atoms with Crippen molar-refractivity contribution in [2.75, 3.05) is 13.1 Å². The maximum Gasteiger partial charge on any atom is 0.243 e. The quantitative estimate of drug-likeness (QED) is 0.538. The minimum absolute atomic E-state index is 0.132. The van der Waals surface area contributed by atoms with Crippen LogP contribution in [0.1, 0.15) is 24.7 Å². The van der Waals surface area contributed by atoms with Crippen molar-refractivity contribution in [1.29, 1.82) is 0 Å². The molecule has 2 aromatic carbocycles. The molecule has 6 nitrogen and oxygen atoms in total. The number of rotatable bonds is 4. The van der Waals surface area contributed by atoms with E-state index in [-0.39, 0.29) is 10.8 Å². The zero-order valence-electron chi connectivity index (χ0n) is 14.8. The first kappa shape index (κ1) is 19.6. The molecule has 0 radical (unpaired) electrons. The van der Waals surface area contributed by atoms with Crippen LogP contribution in [0.25, 0.3) is 11.4 Å². The topological polar surface area (TPSA) is 76.3 Å². The number of nitrogens with zero attached hydrogens (tertiary/aromatic N) is 3. The van der Waals surface area contributed by atoms with E-state index in [1.807, 2.05) is 12.1 Å². The van der Waals surface area contributed by atoms with Crippen molar-refractivity contribution < 1.29 is 12.9 Å². The van der Waals surface area contributed by atoms with Crippen molar-refractivity contribution in [1.82, 2.24) is 14.4 Å². The predicted molar refractivity (Wildman–Crippen MR) is 110 cm³/mol. The van der Waals surface area contributed by atoms with Crippen molar-refractivity contribution in [3.8, 4) is 11.4 Å². The molecular formula is C19H17BrClN3O3S. The molecule has 0 bridgehead atoms. The highest BCUT2D eigenvalue weighted by atomic mass is 79.9. The van der Waals surface area contributed by atoms with Crippen LogP contribution in [0.2, 0.25) is 5.02 Å². The minimum Gasteiger partial charge on any atom is -0.339 e. The van der Waals surface area contributed by atoms with Gasteiger partial charge in [0.1, 0.15) is 0 Å². The Kier molecular flexibility index (Phi) is 5.55. The smallest absolute Gasteiger partial charge is 0.243 e. The minimum atomic E-state index is -3.56. The molecule has 9 heteroatoms. The van der Waals surface area contributed by atoms with Crippen molar-refractivity contribution in [2.24, 2.45) is 0 Å². The van der Waals surface area contributed by atoms with E-state index in [9.17, 15) is 8.42 Å². The zero-order chi connectivity index (χ0) is 19.7. The molecule has 0 unspecified atom stereocenters. The maximum absolute atomic E-state index is 13.0. The van der Waals surface area contributed by atoms with Gasteiger partial charge in [0, 0.05) is 28.1 Å². The van der Waals surface area contributed by atoms with Crippen LogP contribution in [0.3, 0.4) is 0 Å². The van der Waals surface area contributed by atoms with Gasteiger partial charge in [-0.15, -0.1) is 0 Å². The Labute approximate surface area is 176 Å². The van der Waals surface area contributed by atoms with Crippen molar-refractivity contribution >= 4 is 37.6 Å². The summed E-state index contributed by atoms with van der Waals surface area (Å²) in [5.41, 5.74) is 0.801. The van der Waals surface area contributed by atoms with Crippen LogP contribution < -0.4 is 0 Å². The number of sulfonamides is 1. The summed E-state index contributed by atoms with van der Waals surface area (Å²) >= 11 is 9.25. The van der Waals surface area contributed by atoms with Crippen LogP contribution in [-0.4, -0.2) is 36.0 Å². The van der Waals surface area contributed by atoms with Crippen LogP contribution in [-0.2, 0) is 10.0 Å². The molecule has 1 aromatic heterocycles. The Hall–Kier alpha value is -1.74. The predicted octanol–water partition coefficient (Wildman–Crippen LogP) is 4.72. The van der Waals surface area contributed by atoms with Gasteiger partial charge in [-0.3, -0.25) is 0 Å². The fraction of sp³-hybridized carbons (Fsp3) is 0.263. The average Bonchev–Trinajstić information content (AvgIpc) is 3.19. The summed E-state index contributed by atoms with van der Waals surface area (Å²) in [4.78, 5) is 4.77. The number of piperidine rings is 1. The summed E-state index contributed by atoms with van der Waals surface area (Å²) in [6.07, 6.45) is 1.54. The highest BCUT2D eigenvalue weighted by Gasteiger charge is 2.33. The van der Waals surface area contributed by atoms with E-state index in [4.69, 9.17) is 16.1 Å². The fourth-order valence-electron chi connectivity index (χ4n) is 3.24. The van der Waals surface area contributed by atoms with E-state index in [1.165, 1.54) is 4.31 Å². The van der Waals surface area contributed by atoms with Crippen LogP contribution >= 0.6 is 27.5 Å². The van der Waals surface area contributed by atoms with Gasteiger partial charge in [0.15, 0.2) is 0 Å². The third-order valence-electron chi connectivity index (χ3n) is 4.73. The molecule has 1 aliphatic rings. The molecule has 0 amide bonds. The molecule has 1 fully saturated rings. The first-order valence-corrected chi connectivity index (χ1v) is 11.4. The van der Waals surface area contributed by atoms with Crippen LogP contribution in [0.5, 0.6) is 0 Å². The standard InChI is InChI=1S/C19H17BrClN3O3S/c20-15-5-9-17(10-6-15)28(25,26)24-11-1-2-14(12-24)19-22-18(23-27-19)13-3-7-16(21)8-4-13/h3-10,14H,1-2,11-12H2/t14-/m1/s1.